The topological polar surface area (TPSA) is 34.1 Å². The van der Waals surface area contributed by atoms with Gasteiger partial charge in [0.2, 0.25) is 0 Å². The van der Waals surface area contributed by atoms with E-state index in [1.54, 1.807) is 12.1 Å². The number of rotatable bonds is 11. The van der Waals surface area contributed by atoms with Gasteiger partial charge in [-0.2, -0.15) is 0 Å². The maximum Gasteiger partial charge on any atom is 0.185 e. The van der Waals surface area contributed by atoms with Crippen LogP contribution in [-0.2, 0) is 9.84 Å². The summed E-state index contributed by atoms with van der Waals surface area (Å²) in [5.41, 5.74) is 4.91. The first kappa shape index (κ1) is 29.2. The molecule has 0 aliphatic rings. The summed E-state index contributed by atoms with van der Waals surface area (Å²) in [4.78, 5) is 0.379. The number of benzene rings is 1. The third-order valence-electron chi connectivity index (χ3n) is 5.39. The quantitative estimate of drug-likeness (QED) is 0.180. The minimum atomic E-state index is -3.48. The molecule has 1 rings (SSSR count). The van der Waals surface area contributed by atoms with Crippen LogP contribution in [0.15, 0.2) is 64.1 Å². The van der Waals surface area contributed by atoms with Crippen molar-refractivity contribution in [1.82, 2.24) is 0 Å². The molecule has 0 aliphatic carbocycles. The highest BCUT2D eigenvalue weighted by molar-refractivity contribution is 7.92. The first-order chi connectivity index (χ1) is 15.3. The molecular weight excluding hydrogens is 440 g/mol. The Bertz CT molecular complexity index is 1000. The molecule has 182 valence electrons. The maximum atomic E-state index is 13.4. The monoisotopic (exact) mass is 484 g/mol. The summed E-state index contributed by atoms with van der Waals surface area (Å²) in [7, 11) is -4.75. The van der Waals surface area contributed by atoms with Crippen molar-refractivity contribution in [2.45, 2.75) is 103 Å². The van der Waals surface area contributed by atoms with Gasteiger partial charge in [-0.3, -0.25) is 0 Å². The van der Waals surface area contributed by atoms with Crippen molar-refractivity contribution >= 4 is 17.9 Å². The van der Waals surface area contributed by atoms with Gasteiger partial charge < -0.3 is 0 Å². The SMILES string of the molecule is CC(C)=CCC/C(C)=C/CC/C(C)=C/C(CC#CC[Si](C)(C)C)S(=O)(=O)c1ccc(C)cc1. The zero-order valence-corrected chi connectivity index (χ0v) is 23.9. The van der Waals surface area contributed by atoms with Gasteiger partial charge in [0.25, 0.3) is 0 Å². The molecule has 4 heteroatoms. The van der Waals surface area contributed by atoms with Crippen molar-refractivity contribution in [2.24, 2.45) is 0 Å². The van der Waals surface area contributed by atoms with Crippen LogP contribution in [0.5, 0.6) is 0 Å². The lowest BCUT2D eigenvalue weighted by Crippen LogP contribution is -2.20. The Balaban J connectivity index is 2.99. The van der Waals surface area contributed by atoms with E-state index in [-0.39, 0.29) is 0 Å². The van der Waals surface area contributed by atoms with Crippen LogP contribution in [0, 0.1) is 18.8 Å². The molecule has 0 saturated carbocycles. The van der Waals surface area contributed by atoms with Crippen molar-refractivity contribution in [2.75, 3.05) is 0 Å². The molecule has 0 saturated heterocycles. The van der Waals surface area contributed by atoms with E-state index >= 15 is 0 Å². The van der Waals surface area contributed by atoms with E-state index in [4.69, 9.17) is 0 Å². The van der Waals surface area contributed by atoms with Crippen LogP contribution >= 0.6 is 0 Å². The molecule has 0 spiro atoms. The lowest BCUT2D eigenvalue weighted by atomic mass is 10.1. The van der Waals surface area contributed by atoms with Gasteiger partial charge in [-0.05, 0) is 72.4 Å². The number of sulfone groups is 1. The van der Waals surface area contributed by atoms with Gasteiger partial charge in [-0.25, -0.2) is 8.42 Å². The number of hydrogen-bond acceptors (Lipinski definition) is 2. The van der Waals surface area contributed by atoms with Crippen LogP contribution < -0.4 is 0 Å². The third kappa shape index (κ3) is 12.3. The minimum Gasteiger partial charge on any atom is -0.223 e. The lowest BCUT2D eigenvalue weighted by molar-refractivity contribution is 0.588. The Labute approximate surface area is 205 Å². The molecule has 1 unspecified atom stereocenters. The van der Waals surface area contributed by atoms with Crippen LogP contribution in [0.3, 0.4) is 0 Å². The standard InChI is InChI=1S/C29H44O2SSi/c1-24(2)13-11-14-25(3)15-12-16-27(5)23-29(17-9-10-22-33(6,7)8)32(30,31)28-20-18-26(4)19-21-28/h13,15,18-21,23,29H,11-12,14,16-17,22H2,1-8H3/b25-15+,27-23+. The second-order valence-electron chi connectivity index (χ2n) is 10.6. The van der Waals surface area contributed by atoms with E-state index in [0.29, 0.717) is 11.3 Å². The van der Waals surface area contributed by atoms with Gasteiger partial charge in [0.05, 0.1) is 18.2 Å². The first-order valence-electron chi connectivity index (χ1n) is 12.0. The summed E-state index contributed by atoms with van der Waals surface area (Å²) in [6.45, 7) is 17.3. The Morgan fingerprint density at radius 1 is 0.909 bits per heavy atom. The zero-order chi connectivity index (χ0) is 25.1. The smallest absolute Gasteiger partial charge is 0.185 e. The molecule has 0 aliphatic heterocycles. The summed E-state index contributed by atoms with van der Waals surface area (Å²) in [6.07, 6.45) is 10.8. The summed E-state index contributed by atoms with van der Waals surface area (Å²) >= 11 is 0. The summed E-state index contributed by atoms with van der Waals surface area (Å²) in [5.74, 6) is 6.44. The molecule has 0 amide bonds. The third-order valence-corrected chi connectivity index (χ3v) is 8.65. The van der Waals surface area contributed by atoms with Crippen LogP contribution in [0.25, 0.3) is 0 Å². The van der Waals surface area contributed by atoms with E-state index in [1.165, 1.54) is 11.1 Å². The molecule has 1 aromatic rings. The fourth-order valence-corrected chi connectivity index (χ4v) is 5.53. The number of hydrogen-bond donors (Lipinski definition) is 0. The van der Waals surface area contributed by atoms with E-state index in [1.807, 2.05) is 32.1 Å². The Morgan fingerprint density at radius 2 is 1.48 bits per heavy atom. The predicted molar refractivity (Wildman–Crippen MR) is 148 cm³/mol. The number of aryl methyl sites for hydroxylation is 1. The second kappa shape index (κ2) is 13.8. The average molecular weight is 485 g/mol. The Morgan fingerprint density at radius 3 is 2.06 bits per heavy atom. The van der Waals surface area contributed by atoms with E-state index < -0.39 is 23.2 Å². The van der Waals surface area contributed by atoms with Gasteiger partial charge in [0, 0.05) is 12.5 Å². The van der Waals surface area contributed by atoms with Gasteiger partial charge in [0.1, 0.15) is 0 Å². The molecule has 0 bridgehead atoms. The second-order valence-corrected chi connectivity index (χ2v) is 18.3. The number of allylic oxidation sites excluding steroid dienone is 5. The van der Waals surface area contributed by atoms with Crippen molar-refractivity contribution in [3.8, 4) is 11.8 Å². The van der Waals surface area contributed by atoms with Gasteiger partial charge in [0.15, 0.2) is 9.84 Å². The molecule has 0 fully saturated rings. The highest BCUT2D eigenvalue weighted by atomic mass is 32.2. The first-order valence-corrected chi connectivity index (χ1v) is 17.3. The maximum absolute atomic E-state index is 13.4. The largest absolute Gasteiger partial charge is 0.223 e. The minimum absolute atomic E-state index is 0.343. The van der Waals surface area contributed by atoms with E-state index in [2.05, 4.69) is 64.4 Å². The van der Waals surface area contributed by atoms with Gasteiger partial charge in [-0.1, -0.05) is 72.3 Å². The highest BCUT2D eigenvalue weighted by Crippen LogP contribution is 2.22. The van der Waals surface area contributed by atoms with Crippen LogP contribution in [0.4, 0.5) is 0 Å². The van der Waals surface area contributed by atoms with Gasteiger partial charge >= 0.3 is 0 Å². The fourth-order valence-electron chi connectivity index (χ4n) is 3.30. The summed E-state index contributed by atoms with van der Waals surface area (Å²) in [5, 5.41) is -0.614. The Hall–Kier alpha value is -1.83. The highest BCUT2D eigenvalue weighted by Gasteiger charge is 2.25. The van der Waals surface area contributed by atoms with E-state index in [0.717, 1.165) is 42.9 Å². The van der Waals surface area contributed by atoms with E-state index in [9.17, 15) is 8.42 Å². The summed E-state index contributed by atoms with van der Waals surface area (Å²) < 4.78 is 26.8. The molecule has 0 N–H and O–H groups in total. The fraction of sp³-hybridized carbons (Fsp3) is 0.517. The molecule has 1 atom stereocenters. The molecule has 0 aromatic heterocycles. The van der Waals surface area contributed by atoms with Crippen molar-refractivity contribution in [1.29, 1.82) is 0 Å². The zero-order valence-electron chi connectivity index (χ0n) is 22.1. The molecular formula is C29H44O2SSi. The molecule has 0 heterocycles. The average Bonchev–Trinajstić information content (AvgIpc) is 2.69. The Kier molecular flexibility index (Phi) is 12.2. The van der Waals surface area contributed by atoms with Crippen molar-refractivity contribution in [3.63, 3.8) is 0 Å². The lowest BCUT2D eigenvalue weighted by Gasteiger charge is -2.14. The molecule has 33 heavy (non-hydrogen) atoms. The van der Waals surface area contributed by atoms with Crippen molar-refractivity contribution < 1.29 is 8.42 Å². The summed E-state index contributed by atoms with van der Waals surface area (Å²) in [6, 6.07) is 8.05. The molecule has 0 radical (unpaired) electrons. The predicted octanol–water partition coefficient (Wildman–Crippen LogP) is 8.29. The van der Waals surface area contributed by atoms with Gasteiger partial charge in [-0.15, -0.1) is 11.8 Å². The van der Waals surface area contributed by atoms with Crippen LogP contribution in [0.2, 0.25) is 25.7 Å². The van der Waals surface area contributed by atoms with Crippen LogP contribution in [0.1, 0.15) is 65.4 Å². The molecule has 2 nitrogen and oxygen atoms in total. The molecule has 1 aromatic carbocycles. The van der Waals surface area contributed by atoms with Crippen molar-refractivity contribution in [3.05, 3.63) is 64.8 Å². The van der Waals surface area contributed by atoms with Crippen LogP contribution in [-0.4, -0.2) is 21.7 Å². The normalized spacial score (nSPS) is 13.8.